The predicted octanol–water partition coefficient (Wildman–Crippen LogP) is 1.87. The Kier molecular flexibility index (Phi) is 5.25. The fourth-order valence-electron chi connectivity index (χ4n) is 3.40. The Morgan fingerprint density at radius 3 is 2.43 bits per heavy atom. The van der Waals surface area contributed by atoms with E-state index in [0.29, 0.717) is 44.4 Å². The van der Waals surface area contributed by atoms with Crippen molar-refractivity contribution >= 4 is 11.9 Å². The smallest absolute Gasteiger partial charge is 0.309 e. The Labute approximate surface area is 127 Å². The van der Waals surface area contributed by atoms with Gasteiger partial charge >= 0.3 is 5.97 Å². The van der Waals surface area contributed by atoms with Crippen molar-refractivity contribution in [2.24, 2.45) is 11.3 Å². The van der Waals surface area contributed by atoms with E-state index in [2.05, 4.69) is 17.1 Å². The number of hydrogen-bond acceptors (Lipinski definition) is 3. The van der Waals surface area contributed by atoms with Crippen LogP contribution in [0.15, 0.2) is 0 Å². The molecule has 0 aromatic rings. The van der Waals surface area contributed by atoms with E-state index in [0.717, 1.165) is 6.42 Å². The number of nitrogens with one attached hydrogen (secondary N) is 1. The van der Waals surface area contributed by atoms with Gasteiger partial charge in [0.2, 0.25) is 5.91 Å². The molecule has 0 aromatic carbocycles. The van der Waals surface area contributed by atoms with Crippen molar-refractivity contribution < 1.29 is 14.7 Å². The zero-order chi connectivity index (χ0) is 15.5. The quantitative estimate of drug-likeness (QED) is 0.831. The molecule has 2 N–H and O–H groups in total. The molecule has 1 saturated heterocycles. The number of rotatable bonds is 4. The van der Waals surface area contributed by atoms with Crippen molar-refractivity contribution in [1.82, 2.24) is 10.2 Å². The molecule has 1 aliphatic carbocycles. The summed E-state index contributed by atoms with van der Waals surface area (Å²) in [6, 6.07) is 0.320. The number of amides is 1. The average molecular weight is 296 g/mol. The van der Waals surface area contributed by atoms with E-state index in [1.165, 1.54) is 19.3 Å². The van der Waals surface area contributed by atoms with E-state index in [9.17, 15) is 14.7 Å². The van der Waals surface area contributed by atoms with Crippen molar-refractivity contribution in [1.29, 1.82) is 0 Å². The zero-order valence-corrected chi connectivity index (χ0v) is 13.2. The van der Waals surface area contributed by atoms with Crippen molar-refractivity contribution in [2.75, 3.05) is 19.6 Å². The first kappa shape index (κ1) is 16.3. The molecule has 2 unspecified atom stereocenters. The predicted molar refractivity (Wildman–Crippen MR) is 81.0 cm³/mol. The molecule has 2 fully saturated rings. The summed E-state index contributed by atoms with van der Waals surface area (Å²) >= 11 is 0. The number of carboxylic acids is 1. The number of hydrogen-bond donors (Lipinski definition) is 2. The molecule has 1 amide bonds. The third-order valence-corrected chi connectivity index (χ3v) is 5.30. The number of carbonyl (C=O) groups excluding carboxylic acids is 1. The number of piperidine rings is 1. The monoisotopic (exact) mass is 296 g/mol. The maximum Gasteiger partial charge on any atom is 0.309 e. The lowest BCUT2D eigenvalue weighted by Gasteiger charge is -2.36. The van der Waals surface area contributed by atoms with Crippen molar-refractivity contribution in [3.05, 3.63) is 0 Å². The van der Waals surface area contributed by atoms with Gasteiger partial charge in [-0.05, 0) is 51.6 Å². The van der Waals surface area contributed by atoms with Gasteiger partial charge in [-0.15, -0.1) is 0 Å². The van der Waals surface area contributed by atoms with Crippen LogP contribution in [0.5, 0.6) is 0 Å². The van der Waals surface area contributed by atoms with E-state index >= 15 is 0 Å². The zero-order valence-electron chi connectivity index (χ0n) is 13.2. The van der Waals surface area contributed by atoms with Gasteiger partial charge in [0, 0.05) is 6.04 Å². The van der Waals surface area contributed by atoms with Crippen molar-refractivity contribution in [2.45, 2.75) is 58.4 Å². The second-order valence-electron chi connectivity index (χ2n) is 7.08. The third-order valence-electron chi connectivity index (χ3n) is 5.30. The molecule has 0 spiro atoms. The molecule has 0 aromatic heterocycles. The Morgan fingerprint density at radius 1 is 1.24 bits per heavy atom. The summed E-state index contributed by atoms with van der Waals surface area (Å²) in [6.45, 7) is 5.80. The van der Waals surface area contributed by atoms with Gasteiger partial charge in [-0.3, -0.25) is 14.5 Å². The maximum absolute atomic E-state index is 12.2. The first-order valence-electron chi connectivity index (χ1n) is 8.16. The van der Waals surface area contributed by atoms with Gasteiger partial charge < -0.3 is 10.4 Å². The lowest BCUT2D eigenvalue weighted by molar-refractivity contribution is -0.150. The summed E-state index contributed by atoms with van der Waals surface area (Å²) in [6.07, 6.45) is 6.00. The third kappa shape index (κ3) is 4.19. The van der Waals surface area contributed by atoms with Gasteiger partial charge in [0.25, 0.3) is 0 Å². The van der Waals surface area contributed by atoms with Gasteiger partial charge in [0.15, 0.2) is 0 Å². The van der Waals surface area contributed by atoms with E-state index < -0.39 is 11.4 Å². The molecule has 2 rings (SSSR count). The average Bonchev–Trinajstić information content (AvgIpc) is 2.44. The van der Waals surface area contributed by atoms with Crippen LogP contribution in [0, 0.1) is 11.3 Å². The number of carbonyl (C=O) groups is 2. The molecule has 5 heteroatoms. The Balaban J connectivity index is 1.75. The van der Waals surface area contributed by atoms with Crippen molar-refractivity contribution in [3.63, 3.8) is 0 Å². The molecule has 120 valence electrons. The van der Waals surface area contributed by atoms with E-state index in [1.54, 1.807) is 6.92 Å². The lowest BCUT2D eigenvalue weighted by atomic mass is 9.80. The van der Waals surface area contributed by atoms with Crippen LogP contribution in [0.1, 0.15) is 52.4 Å². The van der Waals surface area contributed by atoms with E-state index in [1.807, 2.05) is 0 Å². The number of aliphatic carboxylic acids is 1. The van der Waals surface area contributed by atoms with Gasteiger partial charge in [-0.1, -0.05) is 19.8 Å². The highest BCUT2D eigenvalue weighted by atomic mass is 16.4. The molecule has 1 saturated carbocycles. The fraction of sp³-hybridized carbons (Fsp3) is 0.875. The summed E-state index contributed by atoms with van der Waals surface area (Å²) in [7, 11) is 0. The SMILES string of the molecule is CC1CCCCC1NC(=O)CN1CCC(C)(C(=O)O)CC1. The summed E-state index contributed by atoms with van der Waals surface area (Å²) in [5.74, 6) is -0.0605. The molecule has 0 bridgehead atoms. The summed E-state index contributed by atoms with van der Waals surface area (Å²) < 4.78 is 0. The van der Waals surface area contributed by atoms with Crippen LogP contribution in [0.25, 0.3) is 0 Å². The number of nitrogens with zero attached hydrogens (tertiary/aromatic N) is 1. The van der Waals surface area contributed by atoms with Crippen LogP contribution in [-0.4, -0.2) is 47.6 Å². The first-order valence-corrected chi connectivity index (χ1v) is 8.16. The first-order chi connectivity index (χ1) is 9.90. The van der Waals surface area contributed by atoms with E-state index in [-0.39, 0.29) is 5.91 Å². The minimum absolute atomic E-state index is 0.0904. The number of carboxylic acid groups (broad SMARTS) is 1. The Morgan fingerprint density at radius 2 is 1.86 bits per heavy atom. The standard InChI is InChI=1S/C16H28N2O3/c1-12-5-3-4-6-13(12)17-14(19)11-18-9-7-16(2,8-10-18)15(20)21/h12-13H,3-11H2,1-2H3,(H,17,19)(H,20,21). The highest BCUT2D eigenvalue weighted by molar-refractivity contribution is 5.78. The van der Waals surface area contributed by atoms with Gasteiger partial charge in [-0.2, -0.15) is 0 Å². The lowest BCUT2D eigenvalue weighted by Crippen LogP contribution is -2.49. The fourth-order valence-corrected chi connectivity index (χ4v) is 3.40. The largest absolute Gasteiger partial charge is 0.481 e. The molecule has 2 atom stereocenters. The summed E-state index contributed by atoms with van der Waals surface area (Å²) in [5.41, 5.74) is -0.620. The van der Waals surface area contributed by atoms with Crippen LogP contribution in [0.4, 0.5) is 0 Å². The minimum Gasteiger partial charge on any atom is -0.481 e. The van der Waals surface area contributed by atoms with Gasteiger partial charge in [0.1, 0.15) is 0 Å². The molecular formula is C16H28N2O3. The van der Waals surface area contributed by atoms with Crippen LogP contribution in [0.2, 0.25) is 0 Å². The highest BCUT2D eigenvalue weighted by Gasteiger charge is 2.37. The second-order valence-corrected chi connectivity index (χ2v) is 7.08. The molecule has 1 heterocycles. The van der Waals surface area contributed by atoms with Crippen LogP contribution in [-0.2, 0) is 9.59 Å². The van der Waals surface area contributed by atoms with Crippen LogP contribution in [0.3, 0.4) is 0 Å². The van der Waals surface area contributed by atoms with Gasteiger partial charge in [0.05, 0.1) is 12.0 Å². The van der Waals surface area contributed by atoms with Crippen molar-refractivity contribution in [3.8, 4) is 0 Å². The summed E-state index contributed by atoms with van der Waals surface area (Å²) in [5, 5.41) is 12.4. The Hall–Kier alpha value is -1.10. The summed E-state index contributed by atoms with van der Waals surface area (Å²) in [4.78, 5) is 25.4. The van der Waals surface area contributed by atoms with Crippen LogP contribution >= 0.6 is 0 Å². The normalized spacial score (nSPS) is 29.8. The molecule has 5 nitrogen and oxygen atoms in total. The molecule has 2 aliphatic rings. The van der Waals surface area contributed by atoms with E-state index in [4.69, 9.17) is 0 Å². The maximum atomic E-state index is 12.2. The second kappa shape index (κ2) is 6.77. The molecule has 0 radical (unpaired) electrons. The number of likely N-dealkylation sites (tertiary alicyclic amines) is 1. The Bertz CT molecular complexity index is 389. The van der Waals surface area contributed by atoms with Gasteiger partial charge in [-0.25, -0.2) is 0 Å². The topological polar surface area (TPSA) is 69.6 Å². The minimum atomic E-state index is -0.720. The molecular weight excluding hydrogens is 268 g/mol. The van der Waals surface area contributed by atoms with Crippen LogP contribution < -0.4 is 5.32 Å². The molecule has 21 heavy (non-hydrogen) atoms. The highest BCUT2D eigenvalue weighted by Crippen LogP contribution is 2.31. The molecule has 1 aliphatic heterocycles.